The van der Waals surface area contributed by atoms with Crippen LogP contribution in [0.5, 0.6) is 0 Å². The lowest BCUT2D eigenvalue weighted by Crippen LogP contribution is -2.19. The number of carboxylic acids is 1. The highest BCUT2D eigenvalue weighted by molar-refractivity contribution is 7.02. The molecule has 19 heavy (non-hydrogen) atoms. The number of carboxylic acid groups (broad SMARTS) is 1. The Bertz CT molecular complexity index is 420. The van der Waals surface area contributed by atoms with E-state index in [1.807, 2.05) is 12.1 Å². The Kier molecular flexibility index (Phi) is 4.99. The molecule has 1 aliphatic rings. The minimum absolute atomic E-state index is 0.282. The molecule has 0 bridgehead atoms. The van der Waals surface area contributed by atoms with Gasteiger partial charge >= 0.3 is 5.97 Å². The Morgan fingerprint density at radius 2 is 1.84 bits per heavy atom. The molecule has 1 atom stereocenters. The molecule has 0 heterocycles. The molecule has 1 aliphatic carbocycles. The van der Waals surface area contributed by atoms with Gasteiger partial charge in [-0.05, 0) is 52.1 Å². The summed E-state index contributed by atoms with van der Waals surface area (Å²) in [6.45, 7) is 2.50. The van der Waals surface area contributed by atoms with Crippen molar-refractivity contribution in [2.75, 3.05) is 0 Å². The van der Waals surface area contributed by atoms with Gasteiger partial charge in [0, 0.05) is 8.31 Å². The summed E-state index contributed by atoms with van der Waals surface area (Å²) in [6.07, 6.45) is 5.34. The molecule has 104 valence electrons. The highest BCUT2D eigenvalue weighted by Gasteiger charge is 2.23. The summed E-state index contributed by atoms with van der Waals surface area (Å²) in [5, 5.41) is 8.91. The predicted molar refractivity (Wildman–Crippen MR) is 85.9 cm³/mol. The van der Waals surface area contributed by atoms with Crippen molar-refractivity contribution in [3.05, 3.63) is 35.4 Å². The van der Waals surface area contributed by atoms with Crippen LogP contribution < -0.4 is 0 Å². The second kappa shape index (κ2) is 6.52. The van der Waals surface area contributed by atoms with Crippen LogP contribution in [0.15, 0.2) is 24.3 Å². The smallest absolute Gasteiger partial charge is 0.335 e. The van der Waals surface area contributed by atoms with Gasteiger partial charge in [0.15, 0.2) is 0 Å². The number of hydrogen-bond acceptors (Lipinski definition) is 1. The van der Waals surface area contributed by atoms with Crippen LogP contribution >= 0.6 is 0 Å². The van der Waals surface area contributed by atoms with Crippen LogP contribution in [0, 0.1) is 5.92 Å². The van der Waals surface area contributed by atoms with Crippen LogP contribution in [0.4, 0.5) is 0 Å². The molecule has 0 spiro atoms. The molecule has 0 aliphatic heterocycles. The lowest BCUT2D eigenvalue weighted by Gasteiger charge is -2.29. The van der Waals surface area contributed by atoms with E-state index < -0.39 is 5.97 Å². The van der Waals surface area contributed by atoms with E-state index in [2.05, 4.69) is 6.55 Å². The minimum atomic E-state index is -0.832. The summed E-state index contributed by atoms with van der Waals surface area (Å²) in [4.78, 5) is 10.8. The lowest BCUT2D eigenvalue weighted by atomic mass is 9.79. The highest BCUT2D eigenvalue weighted by atomic mass is 29.1. The van der Waals surface area contributed by atoms with Crippen molar-refractivity contribution in [3.63, 3.8) is 0 Å². The van der Waals surface area contributed by atoms with Gasteiger partial charge in [0.05, 0.1) is 5.56 Å². The van der Waals surface area contributed by atoms with Gasteiger partial charge < -0.3 is 5.11 Å². The van der Waals surface area contributed by atoms with Gasteiger partial charge in [0.1, 0.15) is 0 Å². The number of benzene rings is 1. The fraction of sp³-hybridized carbons (Fsp3) is 0.533. The molecular formula is C15H24O2Si2. The van der Waals surface area contributed by atoms with E-state index in [-0.39, 0.29) is 8.31 Å². The van der Waals surface area contributed by atoms with Crippen molar-refractivity contribution < 1.29 is 9.90 Å². The molecule has 1 aromatic rings. The van der Waals surface area contributed by atoms with E-state index in [1.54, 1.807) is 18.2 Å². The van der Waals surface area contributed by atoms with Gasteiger partial charge in [-0.25, -0.2) is 4.79 Å². The summed E-state index contributed by atoms with van der Waals surface area (Å²) in [7, 11) is 1.17. The fourth-order valence-corrected chi connectivity index (χ4v) is 7.10. The van der Waals surface area contributed by atoms with Crippen molar-refractivity contribution in [1.29, 1.82) is 0 Å². The number of aromatic carboxylic acids is 1. The molecule has 1 saturated carbocycles. The van der Waals surface area contributed by atoms with Gasteiger partial charge in [-0.1, -0.05) is 37.6 Å². The van der Waals surface area contributed by atoms with E-state index in [1.165, 1.54) is 41.0 Å². The standard InChI is InChI=1S/C15H24O2Si2/c1-19(18)10-11-2-4-12(5-3-11)13-6-8-14(9-7-13)15(16)17/h6-9,11-12,19H,2-5,10H2,1,18H3,(H,16,17). The zero-order valence-electron chi connectivity index (χ0n) is 11.9. The molecule has 1 N–H and O–H groups in total. The molecule has 4 heteroatoms. The van der Waals surface area contributed by atoms with Crippen LogP contribution in [0.3, 0.4) is 0 Å². The number of carbonyl (C=O) groups is 1. The normalized spacial score (nSPS) is 25.1. The molecule has 2 rings (SSSR count). The van der Waals surface area contributed by atoms with Gasteiger partial charge in [0.25, 0.3) is 0 Å². The topological polar surface area (TPSA) is 37.3 Å². The van der Waals surface area contributed by atoms with E-state index in [9.17, 15) is 4.79 Å². The Morgan fingerprint density at radius 3 is 2.32 bits per heavy atom. The van der Waals surface area contributed by atoms with Crippen LogP contribution in [0.1, 0.15) is 47.5 Å². The molecule has 1 aromatic carbocycles. The molecule has 0 aromatic heterocycles. The maximum absolute atomic E-state index is 10.8. The summed E-state index contributed by atoms with van der Waals surface area (Å²) < 4.78 is 0. The molecular weight excluding hydrogens is 268 g/mol. The third kappa shape index (κ3) is 4.04. The highest BCUT2D eigenvalue weighted by Crippen LogP contribution is 2.37. The predicted octanol–water partition coefficient (Wildman–Crippen LogP) is 2.38. The van der Waals surface area contributed by atoms with Crippen LogP contribution in [0.2, 0.25) is 12.6 Å². The van der Waals surface area contributed by atoms with E-state index in [0.717, 1.165) is 5.92 Å². The summed E-state index contributed by atoms with van der Waals surface area (Å²) >= 11 is 0. The SMILES string of the molecule is C[SiH]([SiH3])CC1CCC(c2ccc(C(=O)O)cc2)CC1. The number of rotatable bonds is 4. The maximum atomic E-state index is 10.8. The largest absolute Gasteiger partial charge is 0.478 e. The average molecular weight is 293 g/mol. The fourth-order valence-electron chi connectivity index (χ4n) is 3.30. The van der Waals surface area contributed by atoms with Crippen molar-refractivity contribution in [2.45, 2.75) is 44.2 Å². The first-order valence-electron chi connectivity index (χ1n) is 7.39. The molecule has 2 nitrogen and oxygen atoms in total. The Hall–Kier alpha value is -0.876. The van der Waals surface area contributed by atoms with Crippen molar-refractivity contribution >= 4 is 24.0 Å². The van der Waals surface area contributed by atoms with Crippen LogP contribution in [-0.4, -0.2) is 29.2 Å². The number of hydrogen-bond donors (Lipinski definition) is 1. The van der Waals surface area contributed by atoms with Crippen molar-refractivity contribution in [1.82, 2.24) is 0 Å². The first kappa shape index (κ1) is 14.5. The third-order valence-corrected chi connectivity index (χ3v) is 7.30. The van der Waals surface area contributed by atoms with Gasteiger partial charge in [-0.15, -0.1) is 0 Å². The molecule has 1 unspecified atom stereocenters. The van der Waals surface area contributed by atoms with Crippen molar-refractivity contribution in [3.8, 4) is 0 Å². The summed E-state index contributed by atoms with van der Waals surface area (Å²) in [5.74, 6) is 0.820. The lowest BCUT2D eigenvalue weighted by molar-refractivity contribution is 0.0697. The monoisotopic (exact) mass is 292 g/mol. The van der Waals surface area contributed by atoms with Crippen LogP contribution in [-0.2, 0) is 0 Å². The molecule has 0 amide bonds. The summed E-state index contributed by atoms with van der Waals surface area (Å²) in [6, 6.07) is 9.07. The van der Waals surface area contributed by atoms with Crippen molar-refractivity contribution in [2.24, 2.45) is 5.92 Å². The minimum Gasteiger partial charge on any atom is -0.478 e. The molecule has 0 saturated heterocycles. The van der Waals surface area contributed by atoms with Gasteiger partial charge in [0.2, 0.25) is 0 Å². The Morgan fingerprint density at radius 1 is 1.26 bits per heavy atom. The molecule has 0 radical (unpaired) electrons. The van der Waals surface area contributed by atoms with Crippen LogP contribution in [0.25, 0.3) is 0 Å². The van der Waals surface area contributed by atoms with E-state index in [0.29, 0.717) is 11.5 Å². The Labute approximate surface area is 120 Å². The van der Waals surface area contributed by atoms with E-state index in [4.69, 9.17) is 5.11 Å². The zero-order valence-corrected chi connectivity index (χ0v) is 15.1. The average Bonchev–Trinajstić information content (AvgIpc) is 2.39. The Balaban J connectivity index is 1.92. The first-order chi connectivity index (χ1) is 9.06. The summed E-state index contributed by atoms with van der Waals surface area (Å²) in [5.41, 5.74) is 1.73. The van der Waals surface area contributed by atoms with Gasteiger partial charge in [-0.2, -0.15) is 0 Å². The second-order valence-corrected chi connectivity index (χ2v) is 15.4. The zero-order chi connectivity index (χ0) is 13.8. The first-order valence-corrected chi connectivity index (χ1v) is 14.0. The molecule has 1 fully saturated rings. The maximum Gasteiger partial charge on any atom is 0.335 e. The quantitative estimate of drug-likeness (QED) is 0.865. The van der Waals surface area contributed by atoms with Gasteiger partial charge in [-0.3, -0.25) is 0 Å². The second-order valence-electron chi connectivity index (χ2n) is 6.27. The third-order valence-electron chi connectivity index (χ3n) is 4.28. The van der Waals surface area contributed by atoms with E-state index >= 15 is 0 Å².